The lowest BCUT2D eigenvalue weighted by molar-refractivity contribution is -0.113. The van der Waals surface area contributed by atoms with Gasteiger partial charge in [-0.2, -0.15) is 10.1 Å². The van der Waals surface area contributed by atoms with Gasteiger partial charge in [0.1, 0.15) is 0 Å². The van der Waals surface area contributed by atoms with Crippen LogP contribution in [0.5, 0.6) is 0 Å². The molecule has 0 aliphatic carbocycles. The second kappa shape index (κ2) is 9.99. The predicted molar refractivity (Wildman–Crippen MR) is 143 cm³/mol. The molecule has 1 saturated heterocycles. The second-order valence-electron chi connectivity index (χ2n) is 8.80. The summed E-state index contributed by atoms with van der Waals surface area (Å²) in [5.74, 6) is -0.229. The predicted octanol–water partition coefficient (Wildman–Crippen LogP) is 4.01. The zero-order valence-corrected chi connectivity index (χ0v) is 20.9. The zero-order valence-electron chi connectivity index (χ0n) is 19.4. The van der Waals surface area contributed by atoms with Crippen LogP contribution in [0.1, 0.15) is 23.6 Å². The number of amides is 1. The highest BCUT2D eigenvalue weighted by Crippen LogP contribution is 2.31. The third kappa shape index (κ3) is 5.06. The number of rotatable bonds is 5. The highest BCUT2D eigenvalue weighted by atomic mass is 35.5. The quantitative estimate of drug-likeness (QED) is 0.508. The molecule has 1 atom stereocenters. The maximum Gasteiger partial charge on any atom is 0.286 e. The van der Waals surface area contributed by atoms with Crippen molar-refractivity contribution in [3.05, 3.63) is 75.8 Å². The summed E-state index contributed by atoms with van der Waals surface area (Å²) in [6, 6.07) is 12.0. The van der Waals surface area contributed by atoms with Crippen LogP contribution in [-0.2, 0) is 11.3 Å². The van der Waals surface area contributed by atoms with Crippen LogP contribution >= 0.6 is 23.4 Å². The van der Waals surface area contributed by atoms with Crippen molar-refractivity contribution in [1.82, 2.24) is 20.0 Å². The van der Waals surface area contributed by atoms with Crippen molar-refractivity contribution in [2.45, 2.75) is 19.5 Å². The molecule has 1 unspecified atom stereocenters. The number of allylic oxidation sites excluding steroid dienone is 1. The third-order valence-electron chi connectivity index (χ3n) is 6.19. The number of hydrogen-bond acceptors (Lipinski definition) is 6. The fourth-order valence-corrected chi connectivity index (χ4v) is 5.42. The minimum absolute atomic E-state index is 0.00644. The number of aliphatic hydroxyl groups excluding tert-OH is 1. The third-order valence-corrected chi connectivity index (χ3v) is 7.58. The molecule has 1 amide bonds. The first kappa shape index (κ1) is 23.8. The van der Waals surface area contributed by atoms with Gasteiger partial charge in [0.15, 0.2) is 5.17 Å². The van der Waals surface area contributed by atoms with Crippen LogP contribution in [0.3, 0.4) is 0 Å². The van der Waals surface area contributed by atoms with Gasteiger partial charge in [0.05, 0.1) is 29.8 Å². The number of nitrogens with zero attached hydrogens (tertiary/aromatic N) is 4. The topological polar surface area (TPSA) is 82.8 Å². The number of carbonyl (C=O) groups excluding carboxylic acids is 1. The van der Waals surface area contributed by atoms with Gasteiger partial charge in [-0.15, -0.1) is 0 Å². The summed E-state index contributed by atoms with van der Waals surface area (Å²) in [7, 11) is 0. The molecule has 0 spiro atoms. The van der Waals surface area contributed by atoms with Crippen LogP contribution in [-0.4, -0.2) is 63.1 Å². The van der Waals surface area contributed by atoms with Crippen molar-refractivity contribution >= 4 is 57.0 Å². The van der Waals surface area contributed by atoms with Crippen LogP contribution in [0.4, 0.5) is 0 Å². The van der Waals surface area contributed by atoms with E-state index in [1.165, 1.54) is 11.8 Å². The average Bonchev–Trinajstić information content (AvgIpc) is 3.43. The number of halogens is 1. The van der Waals surface area contributed by atoms with E-state index in [4.69, 9.17) is 11.6 Å². The van der Waals surface area contributed by atoms with E-state index in [1.54, 1.807) is 0 Å². The number of hydrogen-bond donors (Lipinski definition) is 2. The molecule has 2 aliphatic rings. The van der Waals surface area contributed by atoms with Crippen molar-refractivity contribution in [2.24, 2.45) is 4.99 Å². The number of carbonyl (C=O) groups is 1. The monoisotopic (exact) mass is 507 g/mol. The van der Waals surface area contributed by atoms with Gasteiger partial charge in [-0.1, -0.05) is 42.0 Å². The lowest BCUT2D eigenvalue weighted by Crippen LogP contribution is -2.53. The van der Waals surface area contributed by atoms with Crippen LogP contribution in [0.25, 0.3) is 22.6 Å². The molecule has 2 aromatic carbocycles. The summed E-state index contributed by atoms with van der Waals surface area (Å²) in [5.41, 5.74) is 4.90. The smallest absolute Gasteiger partial charge is 0.286 e. The van der Waals surface area contributed by atoms with Gasteiger partial charge in [-0.25, -0.2) is 0 Å². The van der Waals surface area contributed by atoms with E-state index in [2.05, 4.69) is 26.9 Å². The largest absolute Gasteiger partial charge is 0.395 e. The molecular weight excluding hydrogens is 482 g/mol. The molecule has 0 radical (unpaired) electrons. The zero-order chi connectivity index (χ0) is 24.5. The average molecular weight is 508 g/mol. The van der Waals surface area contributed by atoms with E-state index in [0.717, 1.165) is 46.3 Å². The van der Waals surface area contributed by atoms with Crippen molar-refractivity contribution in [1.29, 1.82) is 0 Å². The Morgan fingerprint density at radius 2 is 2.20 bits per heavy atom. The number of piperazine rings is 1. The summed E-state index contributed by atoms with van der Waals surface area (Å²) >= 11 is 7.89. The maximum absolute atomic E-state index is 12.5. The van der Waals surface area contributed by atoms with Crippen molar-refractivity contribution in [3.63, 3.8) is 0 Å². The standard InChI is InChI=1S/C26H26ClN5O2S/c1-16(2)18-4-5-19(22(27)11-18)13-32-23-6-3-17(9-20(23)12-29-32)10-24-25(34)30-26(35-24)31-8-7-28-21(14-31)15-33/h3-6,9-12,21,28,33H,1,7-8,13-15H2,2H3. The van der Waals surface area contributed by atoms with Gasteiger partial charge in [0.25, 0.3) is 5.91 Å². The summed E-state index contributed by atoms with van der Waals surface area (Å²) in [4.78, 5) is 19.5. The summed E-state index contributed by atoms with van der Waals surface area (Å²) in [6.07, 6.45) is 3.70. The molecule has 0 saturated carbocycles. The lowest BCUT2D eigenvalue weighted by Gasteiger charge is -2.33. The molecule has 1 aromatic heterocycles. The minimum atomic E-state index is -0.229. The van der Waals surface area contributed by atoms with Gasteiger partial charge in [0, 0.05) is 36.1 Å². The van der Waals surface area contributed by atoms with E-state index in [-0.39, 0.29) is 18.6 Å². The summed E-state index contributed by atoms with van der Waals surface area (Å²) in [6.45, 7) is 8.69. The molecular formula is C26H26ClN5O2S. The second-order valence-corrected chi connectivity index (χ2v) is 10.2. The Labute approximate surface area is 213 Å². The normalized spacial score (nSPS) is 19.6. The molecule has 2 N–H and O–H groups in total. The fraction of sp³-hybridized carbons (Fsp3) is 0.269. The minimum Gasteiger partial charge on any atom is -0.395 e. The SMILES string of the molecule is C=C(C)c1ccc(Cn2ncc3cc(C=C4SC(N5CCNC(CO)C5)=NC4=O)ccc32)c(Cl)c1. The fourth-order valence-electron chi connectivity index (χ4n) is 4.23. The maximum atomic E-state index is 12.5. The summed E-state index contributed by atoms with van der Waals surface area (Å²) in [5, 5.41) is 19.6. The van der Waals surface area contributed by atoms with Crippen LogP contribution < -0.4 is 5.32 Å². The molecule has 5 rings (SSSR count). The highest BCUT2D eigenvalue weighted by Gasteiger charge is 2.29. The lowest BCUT2D eigenvalue weighted by atomic mass is 10.1. The van der Waals surface area contributed by atoms with Crippen LogP contribution in [0, 0.1) is 0 Å². The first-order valence-electron chi connectivity index (χ1n) is 11.4. The number of aromatic nitrogens is 2. The molecule has 2 aliphatic heterocycles. The number of fused-ring (bicyclic) bond motifs is 1. The van der Waals surface area contributed by atoms with Crippen LogP contribution in [0.15, 0.2) is 59.1 Å². The Kier molecular flexibility index (Phi) is 6.80. The number of aliphatic hydroxyl groups is 1. The Hall–Kier alpha value is -2.91. The first-order valence-corrected chi connectivity index (χ1v) is 12.6. The molecule has 7 nitrogen and oxygen atoms in total. The van der Waals surface area contributed by atoms with Gasteiger partial charge < -0.3 is 15.3 Å². The van der Waals surface area contributed by atoms with Crippen molar-refractivity contribution < 1.29 is 9.90 Å². The molecule has 9 heteroatoms. The number of aliphatic imine (C=N–C) groups is 1. The number of thioether (sulfide) groups is 1. The summed E-state index contributed by atoms with van der Waals surface area (Å²) < 4.78 is 1.92. The van der Waals surface area contributed by atoms with Gasteiger partial charge in [0.2, 0.25) is 0 Å². The number of benzene rings is 2. The van der Waals surface area contributed by atoms with E-state index in [1.807, 2.05) is 60.3 Å². The van der Waals surface area contributed by atoms with Gasteiger partial charge in [-0.3, -0.25) is 9.48 Å². The highest BCUT2D eigenvalue weighted by molar-refractivity contribution is 8.18. The van der Waals surface area contributed by atoms with Gasteiger partial charge in [-0.05, 0) is 59.7 Å². The van der Waals surface area contributed by atoms with E-state index in [0.29, 0.717) is 28.2 Å². The van der Waals surface area contributed by atoms with Crippen molar-refractivity contribution in [2.75, 3.05) is 26.2 Å². The number of nitrogens with one attached hydrogen (secondary N) is 1. The Morgan fingerprint density at radius 1 is 1.34 bits per heavy atom. The molecule has 3 heterocycles. The molecule has 0 bridgehead atoms. The van der Waals surface area contributed by atoms with Crippen molar-refractivity contribution in [3.8, 4) is 0 Å². The molecule has 1 fully saturated rings. The Balaban J connectivity index is 1.32. The van der Waals surface area contributed by atoms with E-state index in [9.17, 15) is 9.90 Å². The molecule has 35 heavy (non-hydrogen) atoms. The van der Waals surface area contributed by atoms with E-state index >= 15 is 0 Å². The molecule has 180 valence electrons. The van der Waals surface area contributed by atoms with E-state index < -0.39 is 0 Å². The van der Waals surface area contributed by atoms with Crippen LogP contribution in [0.2, 0.25) is 5.02 Å². The van der Waals surface area contributed by atoms with Gasteiger partial charge >= 0.3 is 0 Å². The molecule has 3 aromatic rings. The number of amidine groups is 1. The Bertz CT molecular complexity index is 1380. The Morgan fingerprint density at radius 3 is 2.97 bits per heavy atom. The first-order chi connectivity index (χ1) is 16.9.